The van der Waals surface area contributed by atoms with E-state index in [1.807, 2.05) is 24.6 Å². The van der Waals surface area contributed by atoms with Gasteiger partial charge in [-0.05, 0) is 26.8 Å². The lowest BCUT2D eigenvalue weighted by atomic mass is 9.98. The van der Waals surface area contributed by atoms with Crippen LogP contribution in [0.5, 0.6) is 0 Å². The number of hydrogen-bond donors (Lipinski definition) is 1. The van der Waals surface area contributed by atoms with Gasteiger partial charge >= 0.3 is 0 Å². The Balaban J connectivity index is 1.42. The Morgan fingerprint density at radius 1 is 1.29 bits per heavy atom. The molecule has 8 nitrogen and oxygen atoms in total. The van der Waals surface area contributed by atoms with E-state index >= 15 is 0 Å². The summed E-state index contributed by atoms with van der Waals surface area (Å²) in [6.45, 7) is 7.65. The number of likely N-dealkylation sites (tertiary alicyclic amines) is 1. The number of aryl methyl sites for hydroxylation is 3. The highest BCUT2D eigenvalue weighted by Gasteiger charge is 2.36. The van der Waals surface area contributed by atoms with Crippen LogP contribution in [0.15, 0.2) is 16.7 Å². The second-order valence-corrected chi connectivity index (χ2v) is 6.17. The molecule has 3 heterocycles. The zero-order valence-electron chi connectivity index (χ0n) is 14.1. The van der Waals surface area contributed by atoms with E-state index in [9.17, 15) is 9.59 Å². The first-order valence-electron chi connectivity index (χ1n) is 7.95. The Kier molecular flexibility index (Phi) is 4.37. The van der Waals surface area contributed by atoms with Crippen LogP contribution in [-0.4, -0.2) is 51.3 Å². The first-order chi connectivity index (χ1) is 11.4. The largest absolute Gasteiger partial charge is 0.361 e. The van der Waals surface area contributed by atoms with Crippen LogP contribution in [0, 0.1) is 26.7 Å². The number of aromatic nitrogens is 3. The van der Waals surface area contributed by atoms with Crippen LogP contribution >= 0.6 is 0 Å². The van der Waals surface area contributed by atoms with E-state index < -0.39 is 0 Å². The summed E-state index contributed by atoms with van der Waals surface area (Å²) in [7, 11) is 0. The lowest BCUT2D eigenvalue weighted by Crippen LogP contribution is -2.56. The van der Waals surface area contributed by atoms with E-state index in [-0.39, 0.29) is 23.4 Å². The number of nitrogens with one attached hydrogen (secondary N) is 1. The molecule has 128 valence electrons. The fourth-order valence-electron chi connectivity index (χ4n) is 2.77. The molecule has 0 unspecified atom stereocenters. The summed E-state index contributed by atoms with van der Waals surface area (Å²) >= 11 is 0. The number of hydrogen-bond acceptors (Lipinski definition) is 5. The van der Waals surface area contributed by atoms with E-state index in [1.54, 1.807) is 17.9 Å². The molecule has 1 saturated heterocycles. The van der Waals surface area contributed by atoms with Crippen molar-refractivity contribution in [3.63, 3.8) is 0 Å². The summed E-state index contributed by atoms with van der Waals surface area (Å²) in [5, 5.41) is 11.0. The molecule has 0 radical (unpaired) electrons. The number of carbonyl (C=O) groups excluding carboxylic acids is 2. The first kappa shape index (κ1) is 16.2. The molecule has 3 rings (SSSR count). The van der Waals surface area contributed by atoms with Crippen molar-refractivity contribution in [2.45, 2.75) is 27.3 Å². The molecule has 0 spiro atoms. The van der Waals surface area contributed by atoms with E-state index in [0.717, 1.165) is 11.4 Å². The summed E-state index contributed by atoms with van der Waals surface area (Å²) < 4.78 is 6.77. The maximum atomic E-state index is 12.1. The van der Waals surface area contributed by atoms with Gasteiger partial charge in [-0.3, -0.25) is 14.3 Å². The van der Waals surface area contributed by atoms with Crippen molar-refractivity contribution in [3.8, 4) is 0 Å². The predicted molar refractivity (Wildman–Crippen MR) is 85.3 cm³/mol. The summed E-state index contributed by atoms with van der Waals surface area (Å²) in [5.74, 6) is 0.204. The van der Waals surface area contributed by atoms with E-state index in [1.165, 1.54) is 0 Å². The van der Waals surface area contributed by atoms with Crippen LogP contribution in [0.3, 0.4) is 0 Å². The predicted octanol–water partition coefficient (Wildman–Crippen LogP) is 0.685. The fourth-order valence-corrected chi connectivity index (χ4v) is 2.77. The molecule has 0 aliphatic carbocycles. The molecule has 2 amide bonds. The molecule has 0 bridgehead atoms. The highest BCUT2D eigenvalue weighted by Crippen LogP contribution is 2.18. The van der Waals surface area contributed by atoms with Crippen molar-refractivity contribution < 1.29 is 14.1 Å². The highest BCUT2D eigenvalue weighted by atomic mass is 16.5. The fraction of sp³-hybridized carbons (Fsp3) is 0.500. The number of nitrogens with zero attached hydrogens (tertiary/aromatic N) is 4. The van der Waals surface area contributed by atoms with E-state index in [0.29, 0.717) is 31.9 Å². The van der Waals surface area contributed by atoms with E-state index in [4.69, 9.17) is 4.52 Å². The molecule has 1 N–H and O–H groups in total. The molecule has 8 heteroatoms. The zero-order valence-corrected chi connectivity index (χ0v) is 14.1. The van der Waals surface area contributed by atoms with Crippen molar-refractivity contribution in [1.29, 1.82) is 0 Å². The van der Waals surface area contributed by atoms with Gasteiger partial charge in [-0.15, -0.1) is 0 Å². The SMILES string of the molecule is Cc1cc(C)n(CCNC(=O)C2CN(C(=O)c3cc(C)on3)C2)n1. The number of carbonyl (C=O) groups is 2. The summed E-state index contributed by atoms with van der Waals surface area (Å²) in [5.41, 5.74) is 2.33. The monoisotopic (exact) mass is 331 g/mol. The molecule has 0 aromatic carbocycles. The Hall–Kier alpha value is -2.64. The van der Waals surface area contributed by atoms with Gasteiger partial charge in [0.2, 0.25) is 5.91 Å². The second-order valence-electron chi connectivity index (χ2n) is 6.17. The maximum absolute atomic E-state index is 12.1. The van der Waals surface area contributed by atoms with Gasteiger partial charge in [0.1, 0.15) is 5.76 Å². The van der Waals surface area contributed by atoms with Crippen LogP contribution < -0.4 is 5.32 Å². The van der Waals surface area contributed by atoms with Gasteiger partial charge < -0.3 is 14.7 Å². The minimum absolute atomic E-state index is 0.0306. The van der Waals surface area contributed by atoms with Crippen LogP contribution in [0.25, 0.3) is 0 Å². The Labute approximate surface area is 139 Å². The molecular weight excluding hydrogens is 310 g/mol. The van der Waals surface area contributed by atoms with Crippen molar-refractivity contribution in [2.24, 2.45) is 5.92 Å². The Morgan fingerprint density at radius 3 is 2.62 bits per heavy atom. The highest BCUT2D eigenvalue weighted by molar-refractivity contribution is 5.94. The number of amides is 2. The van der Waals surface area contributed by atoms with Gasteiger partial charge in [0.05, 0.1) is 18.2 Å². The number of rotatable bonds is 5. The van der Waals surface area contributed by atoms with Crippen molar-refractivity contribution >= 4 is 11.8 Å². The van der Waals surface area contributed by atoms with Gasteiger partial charge in [-0.25, -0.2) is 0 Å². The maximum Gasteiger partial charge on any atom is 0.276 e. The van der Waals surface area contributed by atoms with Gasteiger partial charge in [-0.2, -0.15) is 5.10 Å². The molecule has 24 heavy (non-hydrogen) atoms. The molecule has 1 aliphatic rings. The molecule has 2 aromatic heterocycles. The summed E-state index contributed by atoms with van der Waals surface area (Å²) in [6, 6.07) is 3.60. The Bertz CT molecular complexity index is 758. The van der Waals surface area contributed by atoms with Crippen LogP contribution in [-0.2, 0) is 11.3 Å². The smallest absolute Gasteiger partial charge is 0.276 e. The summed E-state index contributed by atoms with van der Waals surface area (Å²) in [4.78, 5) is 25.8. The average molecular weight is 331 g/mol. The van der Waals surface area contributed by atoms with Crippen LogP contribution in [0.2, 0.25) is 0 Å². The third-order valence-electron chi connectivity index (χ3n) is 4.11. The quantitative estimate of drug-likeness (QED) is 0.870. The minimum Gasteiger partial charge on any atom is -0.361 e. The molecule has 0 saturated carbocycles. The van der Waals surface area contributed by atoms with Crippen molar-refractivity contribution in [2.75, 3.05) is 19.6 Å². The minimum atomic E-state index is -0.196. The van der Waals surface area contributed by atoms with Crippen molar-refractivity contribution in [1.82, 2.24) is 25.2 Å². The summed E-state index contributed by atoms with van der Waals surface area (Å²) in [6.07, 6.45) is 0. The van der Waals surface area contributed by atoms with Crippen molar-refractivity contribution in [3.05, 3.63) is 35.0 Å². The van der Waals surface area contributed by atoms with Crippen LogP contribution in [0.4, 0.5) is 0 Å². The van der Waals surface area contributed by atoms with Gasteiger partial charge in [-0.1, -0.05) is 5.16 Å². The van der Waals surface area contributed by atoms with E-state index in [2.05, 4.69) is 15.6 Å². The van der Waals surface area contributed by atoms with Gasteiger partial charge in [0, 0.05) is 31.4 Å². The third kappa shape index (κ3) is 3.32. The lowest BCUT2D eigenvalue weighted by Gasteiger charge is -2.37. The molecule has 1 aliphatic heterocycles. The first-order valence-corrected chi connectivity index (χ1v) is 7.95. The average Bonchev–Trinajstić information content (AvgIpc) is 3.03. The third-order valence-corrected chi connectivity index (χ3v) is 4.11. The molecule has 1 fully saturated rings. The van der Waals surface area contributed by atoms with Gasteiger partial charge in [0.15, 0.2) is 5.69 Å². The molecule has 0 atom stereocenters. The lowest BCUT2D eigenvalue weighted by molar-refractivity contribution is -0.129. The normalized spacial score (nSPS) is 14.5. The topological polar surface area (TPSA) is 93.3 Å². The second kappa shape index (κ2) is 6.46. The zero-order chi connectivity index (χ0) is 17.3. The molecular formula is C16H21N5O3. The van der Waals surface area contributed by atoms with Gasteiger partial charge in [0.25, 0.3) is 5.91 Å². The molecule has 2 aromatic rings. The Morgan fingerprint density at radius 2 is 2.04 bits per heavy atom. The standard InChI is InChI=1S/C16H21N5O3/c1-10-6-11(2)21(18-10)5-4-17-15(22)13-8-20(9-13)16(23)14-7-12(3)24-19-14/h6-7,13H,4-5,8-9H2,1-3H3,(H,17,22). The van der Waals surface area contributed by atoms with Crippen LogP contribution in [0.1, 0.15) is 27.6 Å².